The number of aliphatic hydroxyl groups is 1. The molecule has 3 N–H and O–H groups in total. The first-order valence-electron chi connectivity index (χ1n) is 11.0. The summed E-state index contributed by atoms with van der Waals surface area (Å²) in [6, 6.07) is 4.11. The summed E-state index contributed by atoms with van der Waals surface area (Å²) in [5.41, 5.74) is 0.841. The first kappa shape index (κ1) is 24.8. The molecule has 0 aliphatic carbocycles. The summed E-state index contributed by atoms with van der Waals surface area (Å²) >= 11 is 18.7. The normalized spacial score (nSPS) is 21.4. The Morgan fingerprint density at radius 2 is 2.09 bits per heavy atom. The minimum absolute atomic E-state index is 0.124. The van der Waals surface area contributed by atoms with Gasteiger partial charge in [-0.2, -0.15) is 4.98 Å². The molecule has 0 spiro atoms. The summed E-state index contributed by atoms with van der Waals surface area (Å²) in [5, 5.41) is 17.4. The molecular formula is C22H25Cl3N6O3. The zero-order valence-electron chi connectivity index (χ0n) is 18.5. The van der Waals surface area contributed by atoms with E-state index < -0.39 is 12.1 Å². The van der Waals surface area contributed by atoms with Crippen molar-refractivity contribution in [2.45, 2.75) is 37.9 Å². The van der Waals surface area contributed by atoms with Gasteiger partial charge in [-0.05, 0) is 31.0 Å². The van der Waals surface area contributed by atoms with E-state index in [4.69, 9.17) is 34.8 Å². The van der Waals surface area contributed by atoms with Gasteiger partial charge in [-0.15, -0.1) is 0 Å². The Morgan fingerprint density at radius 3 is 2.76 bits per heavy atom. The number of carbonyl (C=O) groups excluding carboxylic acids is 2. The molecule has 1 aromatic heterocycles. The van der Waals surface area contributed by atoms with Crippen molar-refractivity contribution in [1.29, 1.82) is 0 Å². The SMILES string of the molecule is C[C@@H](Nc1nc(N2CCN(C(=O)[C@H]3CCC(=O)N3)[C@@H](CO)C2)ncc1Cl)c1ccc(Cl)cc1Cl. The van der Waals surface area contributed by atoms with Crippen LogP contribution in [0.5, 0.6) is 0 Å². The molecular weight excluding hydrogens is 503 g/mol. The summed E-state index contributed by atoms with van der Waals surface area (Å²) in [6.07, 6.45) is 2.33. The van der Waals surface area contributed by atoms with Crippen LogP contribution in [0.3, 0.4) is 0 Å². The number of nitrogens with one attached hydrogen (secondary N) is 2. The lowest BCUT2D eigenvalue weighted by molar-refractivity contribution is -0.137. The van der Waals surface area contributed by atoms with Gasteiger partial charge in [-0.3, -0.25) is 9.59 Å². The number of nitrogens with zero attached hydrogens (tertiary/aromatic N) is 4. The van der Waals surface area contributed by atoms with Crippen LogP contribution in [-0.2, 0) is 9.59 Å². The predicted molar refractivity (Wildman–Crippen MR) is 132 cm³/mol. The van der Waals surface area contributed by atoms with Crippen LogP contribution in [0.2, 0.25) is 15.1 Å². The van der Waals surface area contributed by atoms with Crippen LogP contribution in [0.4, 0.5) is 11.8 Å². The fourth-order valence-electron chi connectivity index (χ4n) is 4.23. The Balaban J connectivity index is 1.47. The quantitative estimate of drug-likeness (QED) is 0.530. The number of hydrogen-bond donors (Lipinski definition) is 3. The van der Waals surface area contributed by atoms with Crippen molar-refractivity contribution < 1.29 is 14.7 Å². The highest BCUT2D eigenvalue weighted by atomic mass is 35.5. The average molecular weight is 528 g/mol. The molecule has 9 nitrogen and oxygen atoms in total. The van der Waals surface area contributed by atoms with Crippen molar-refractivity contribution in [2.75, 3.05) is 36.5 Å². The lowest BCUT2D eigenvalue weighted by Crippen LogP contribution is -2.60. The van der Waals surface area contributed by atoms with Crippen molar-refractivity contribution in [3.05, 3.63) is 45.0 Å². The molecule has 0 saturated carbocycles. The van der Waals surface area contributed by atoms with Crippen LogP contribution in [0.25, 0.3) is 0 Å². The van der Waals surface area contributed by atoms with Crippen molar-refractivity contribution >= 4 is 58.4 Å². The van der Waals surface area contributed by atoms with E-state index in [0.717, 1.165) is 5.56 Å². The molecule has 0 bridgehead atoms. The molecule has 0 unspecified atom stereocenters. The van der Waals surface area contributed by atoms with Gasteiger partial charge in [0.05, 0.1) is 24.9 Å². The third-order valence-corrected chi connectivity index (χ3v) is 6.91. The second-order valence-corrected chi connectivity index (χ2v) is 9.62. The van der Waals surface area contributed by atoms with Gasteiger partial charge in [0.15, 0.2) is 5.82 Å². The van der Waals surface area contributed by atoms with E-state index in [2.05, 4.69) is 20.6 Å². The Hall–Kier alpha value is -2.33. The lowest BCUT2D eigenvalue weighted by atomic mass is 10.1. The lowest BCUT2D eigenvalue weighted by Gasteiger charge is -2.41. The van der Waals surface area contributed by atoms with Crippen LogP contribution < -0.4 is 15.5 Å². The molecule has 2 aliphatic heterocycles. The minimum Gasteiger partial charge on any atom is -0.394 e. The third-order valence-electron chi connectivity index (χ3n) is 6.07. The summed E-state index contributed by atoms with van der Waals surface area (Å²) in [7, 11) is 0. The number of piperazine rings is 1. The maximum absolute atomic E-state index is 12.9. The zero-order valence-corrected chi connectivity index (χ0v) is 20.7. The van der Waals surface area contributed by atoms with Gasteiger partial charge in [0.1, 0.15) is 11.1 Å². The van der Waals surface area contributed by atoms with Gasteiger partial charge in [-0.25, -0.2) is 4.98 Å². The van der Waals surface area contributed by atoms with Gasteiger partial charge in [0.2, 0.25) is 17.8 Å². The molecule has 0 radical (unpaired) electrons. The van der Waals surface area contributed by atoms with E-state index in [1.165, 1.54) is 6.20 Å². The minimum atomic E-state index is -0.531. The van der Waals surface area contributed by atoms with Gasteiger partial charge in [0, 0.05) is 36.1 Å². The molecule has 2 amide bonds. The second-order valence-electron chi connectivity index (χ2n) is 8.37. The van der Waals surface area contributed by atoms with E-state index in [-0.39, 0.29) is 24.5 Å². The fraction of sp³-hybridized carbons (Fsp3) is 0.455. The van der Waals surface area contributed by atoms with Gasteiger partial charge in [0.25, 0.3) is 0 Å². The van der Waals surface area contributed by atoms with Crippen LogP contribution >= 0.6 is 34.8 Å². The molecule has 2 fully saturated rings. The smallest absolute Gasteiger partial charge is 0.245 e. The number of halogens is 3. The molecule has 2 aromatic rings. The van der Waals surface area contributed by atoms with E-state index >= 15 is 0 Å². The van der Waals surface area contributed by atoms with Crippen molar-refractivity contribution in [1.82, 2.24) is 20.2 Å². The molecule has 182 valence electrons. The highest BCUT2D eigenvalue weighted by Crippen LogP contribution is 2.31. The number of carbonyl (C=O) groups is 2. The number of amides is 2. The highest BCUT2D eigenvalue weighted by molar-refractivity contribution is 6.35. The van der Waals surface area contributed by atoms with E-state index in [1.807, 2.05) is 17.9 Å². The monoisotopic (exact) mass is 526 g/mol. The standard InChI is InChI=1S/C22H25Cl3N6O3/c1-12(15-3-2-13(23)8-16(15)24)27-20-17(25)9-26-22(29-20)30-6-7-31(14(10-30)11-32)21(34)18-4-5-19(33)28-18/h2-3,8-9,12,14,18,32H,4-7,10-11H2,1H3,(H,28,33)(H,26,27,29)/t12-,14-,18-/m1/s1. The van der Waals surface area contributed by atoms with Crippen LogP contribution in [0.1, 0.15) is 31.4 Å². The van der Waals surface area contributed by atoms with Crippen molar-refractivity contribution in [3.63, 3.8) is 0 Å². The van der Waals surface area contributed by atoms with Crippen LogP contribution in [0, 0.1) is 0 Å². The molecule has 34 heavy (non-hydrogen) atoms. The van der Waals surface area contributed by atoms with Crippen molar-refractivity contribution in [3.8, 4) is 0 Å². The molecule has 2 saturated heterocycles. The number of anilines is 2. The summed E-state index contributed by atoms with van der Waals surface area (Å²) < 4.78 is 0. The summed E-state index contributed by atoms with van der Waals surface area (Å²) in [6.45, 7) is 2.92. The van der Waals surface area contributed by atoms with Gasteiger partial charge < -0.3 is 25.5 Å². The Morgan fingerprint density at radius 1 is 1.29 bits per heavy atom. The maximum Gasteiger partial charge on any atom is 0.245 e. The number of hydrogen-bond acceptors (Lipinski definition) is 7. The highest BCUT2D eigenvalue weighted by Gasteiger charge is 2.37. The van der Waals surface area contributed by atoms with Gasteiger partial charge in [-0.1, -0.05) is 40.9 Å². The molecule has 12 heteroatoms. The molecule has 2 aliphatic rings. The van der Waals surface area contributed by atoms with E-state index in [0.29, 0.717) is 59.3 Å². The summed E-state index contributed by atoms with van der Waals surface area (Å²) in [5.74, 6) is 0.581. The topological polar surface area (TPSA) is 111 Å². The first-order valence-corrected chi connectivity index (χ1v) is 12.1. The molecule has 3 atom stereocenters. The maximum atomic E-state index is 12.9. The Labute approximate surface area is 212 Å². The first-order chi connectivity index (χ1) is 16.3. The van der Waals surface area contributed by atoms with E-state index in [9.17, 15) is 14.7 Å². The number of aliphatic hydroxyl groups excluding tert-OH is 1. The average Bonchev–Trinajstić information content (AvgIpc) is 3.25. The van der Waals surface area contributed by atoms with Gasteiger partial charge >= 0.3 is 0 Å². The Bertz CT molecular complexity index is 1090. The van der Waals surface area contributed by atoms with Crippen LogP contribution in [0.15, 0.2) is 24.4 Å². The number of aromatic nitrogens is 2. The van der Waals surface area contributed by atoms with Crippen molar-refractivity contribution in [2.24, 2.45) is 0 Å². The fourth-order valence-corrected chi connectivity index (χ4v) is 4.95. The molecule has 4 rings (SSSR count). The third kappa shape index (κ3) is 5.33. The largest absolute Gasteiger partial charge is 0.394 e. The molecule has 1 aromatic carbocycles. The molecule has 3 heterocycles. The van der Waals surface area contributed by atoms with E-state index in [1.54, 1.807) is 17.0 Å². The zero-order chi connectivity index (χ0) is 24.4. The number of benzene rings is 1. The number of rotatable bonds is 6. The van der Waals surface area contributed by atoms with Crippen LogP contribution in [-0.4, -0.2) is 70.1 Å². The predicted octanol–water partition coefficient (Wildman–Crippen LogP) is 2.90. The second kappa shape index (κ2) is 10.5. The Kier molecular flexibility index (Phi) is 7.67. The summed E-state index contributed by atoms with van der Waals surface area (Å²) in [4.78, 5) is 36.9.